The number of anilines is 1. The van der Waals surface area contributed by atoms with Crippen LogP contribution in [0.5, 0.6) is 0 Å². The van der Waals surface area contributed by atoms with Crippen LogP contribution in [0, 0.1) is 0 Å². The number of nitrogens with one attached hydrogen (secondary N) is 2. The summed E-state index contributed by atoms with van der Waals surface area (Å²) in [6.45, 7) is 1.19. The van der Waals surface area contributed by atoms with E-state index in [1.165, 1.54) is 22.5 Å². The van der Waals surface area contributed by atoms with Crippen molar-refractivity contribution in [2.24, 2.45) is 14.1 Å². The van der Waals surface area contributed by atoms with Gasteiger partial charge in [-0.05, 0) is 18.6 Å². The topological polar surface area (TPSA) is 137 Å². The van der Waals surface area contributed by atoms with Crippen LogP contribution in [0.25, 0.3) is 11.2 Å². The number of sulfonamides is 1. The van der Waals surface area contributed by atoms with Gasteiger partial charge >= 0.3 is 5.69 Å². The number of hydrogen-bond acceptors (Lipinski definition) is 6. The van der Waals surface area contributed by atoms with Crippen LogP contribution in [-0.2, 0) is 35.5 Å². The summed E-state index contributed by atoms with van der Waals surface area (Å²) in [5, 5.41) is 2.70. The van der Waals surface area contributed by atoms with Crippen molar-refractivity contribution in [3.63, 3.8) is 0 Å². The van der Waals surface area contributed by atoms with Crippen molar-refractivity contribution < 1.29 is 13.2 Å². The molecule has 1 unspecified atom stereocenters. The molecule has 12 heteroatoms. The van der Waals surface area contributed by atoms with Gasteiger partial charge in [0, 0.05) is 14.1 Å². The highest BCUT2D eigenvalue weighted by atomic mass is 32.2. The van der Waals surface area contributed by atoms with Gasteiger partial charge in [-0.15, -0.1) is 0 Å². The maximum atomic E-state index is 12.7. The zero-order valence-electron chi connectivity index (χ0n) is 16.9. The van der Waals surface area contributed by atoms with Gasteiger partial charge in [0.05, 0.1) is 24.3 Å². The largest absolute Gasteiger partial charge is 0.348 e. The lowest BCUT2D eigenvalue weighted by molar-refractivity contribution is -0.122. The van der Waals surface area contributed by atoms with Gasteiger partial charge < -0.3 is 9.88 Å². The number of para-hydroxylation sites is 1. The number of carbonyl (C=O) groups excluding carboxylic acids is 1. The van der Waals surface area contributed by atoms with Crippen molar-refractivity contribution in [3.05, 3.63) is 57.0 Å². The molecule has 160 valence electrons. The number of benzene rings is 1. The summed E-state index contributed by atoms with van der Waals surface area (Å²) < 4.78 is 29.1. The first-order valence-electron chi connectivity index (χ1n) is 8.96. The molecule has 0 radical (unpaired) electrons. The van der Waals surface area contributed by atoms with Crippen molar-refractivity contribution in [1.82, 2.24) is 24.0 Å². The Morgan fingerprint density at radius 2 is 1.87 bits per heavy atom. The first kappa shape index (κ1) is 21.3. The molecule has 0 saturated carbocycles. The lowest BCUT2D eigenvalue weighted by atomic mass is 10.1. The monoisotopic (exact) mass is 434 g/mol. The predicted molar refractivity (Wildman–Crippen MR) is 112 cm³/mol. The number of amides is 1. The van der Waals surface area contributed by atoms with Crippen molar-refractivity contribution in [3.8, 4) is 0 Å². The van der Waals surface area contributed by atoms with E-state index in [2.05, 4.69) is 15.0 Å². The molecule has 0 fully saturated rings. The van der Waals surface area contributed by atoms with Gasteiger partial charge in [0.15, 0.2) is 11.2 Å². The van der Waals surface area contributed by atoms with E-state index in [0.717, 1.165) is 10.8 Å². The molecule has 1 aromatic carbocycles. The number of nitrogens with zero attached hydrogens (tertiary/aromatic N) is 4. The molecule has 3 rings (SSSR count). The Hall–Kier alpha value is -3.41. The molecule has 1 atom stereocenters. The minimum Gasteiger partial charge on any atom is -0.348 e. The summed E-state index contributed by atoms with van der Waals surface area (Å²) in [5.74, 6) is -0.572. The molecule has 1 amide bonds. The van der Waals surface area contributed by atoms with Crippen LogP contribution in [0.2, 0.25) is 0 Å². The third-order valence-electron chi connectivity index (χ3n) is 4.60. The molecule has 2 heterocycles. The van der Waals surface area contributed by atoms with E-state index in [9.17, 15) is 22.8 Å². The van der Waals surface area contributed by atoms with E-state index in [0.29, 0.717) is 11.3 Å². The van der Waals surface area contributed by atoms with Crippen LogP contribution in [0.4, 0.5) is 5.69 Å². The van der Waals surface area contributed by atoms with Gasteiger partial charge in [0.2, 0.25) is 15.9 Å². The summed E-state index contributed by atoms with van der Waals surface area (Å²) in [6.07, 6.45) is 2.45. The average Bonchev–Trinajstić information content (AvgIpc) is 3.04. The number of aryl methyl sites for hydroxylation is 2. The van der Waals surface area contributed by atoms with Crippen LogP contribution in [0.15, 0.2) is 40.2 Å². The molecule has 0 aliphatic heterocycles. The van der Waals surface area contributed by atoms with Gasteiger partial charge in [0.25, 0.3) is 5.56 Å². The molecule has 11 nitrogen and oxygen atoms in total. The van der Waals surface area contributed by atoms with Crippen molar-refractivity contribution in [2.75, 3.05) is 11.0 Å². The Labute approximate surface area is 172 Å². The first-order chi connectivity index (χ1) is 14.0. The van der Waals surface area contributed by atoms with E-state index >= 15 is 0 Å². The van der Waals surface area contributed by atoms with E-state index < -0.39 is 39.8 Å². The van der Waals surface area contributed by atoms with E-state index in [4.69, 9.17) is 0 Å². The van der Waals surface area contributed by atoms with Crippen LogP contribution >= 0.6 is 0 Å². The van der Waals surface area contributed by atoms with Crippen molar-refractivity contribution in [2.45, 2.75) is 19.5 Å². The molecule has 2 N–H and O–H groups in total. The summed E-state index contributed by atoms with van der Waals surface area (Å²) in [7, 11) is -0.408. The van der Waals surface area contributed by atoms with Crippen LogP contribution in [0.3, 0.4) is 0 Å². The highest BCUT2D eigenvalue weighted by Gasteiger charge is 2.19. The summed E-state index contributed by atoms with van der Waals surface area (Å²) in [5.41, 5.74) is 0.0398. The standard InChI is InChI=1S/C18H22N6O5S/c1-11(12-7-5-6-8-13(12)21-30(4,28)29)20-14(25)9-24-17(26)15-16(19-10-22(15)2)23(3)18(24)27/h5-8,10-11,21H,9H2,1-4H3,(H,20,25). The maximum absolute atomic E-state index is 12.7. The number of rotatable bonds is 6. The van der Waals surface area contributed by atoms with E-state index in [-0.39, 0.29) is 11.2 Å². The fraction of sp³-hybridized carbons (Fsp3) is 0.333. The molecule has 0 aliphatic carbocycles. The van der Waals surface area contributed by atoms with Gasteiger partial charge in [-0.3, -0.25) is 18.9 Å². The Kier molecular flexibility index (Phi) is 5.53. The Morgan fingerprint density at radius 1 is 1.20 bits per heavy atom. The van der Waals surface area contributed by atoms with Gasteiger partial charge in [-0.25, -0.2) is 22.8 Å². The molecule has 2 aromatic heterocycles. The number of fused-ring (bicyclic) bond motifs is 1. The normalized spacial score (nSPS) is 12.7. The second-order valence-corrected chi connectivity index (χ2v) is 8.76. The van der Waals surface area contributed by atoms with Crippen LogP contribution in [0.1, 0.15) is 18.5 Å². The summed E-state index contributed by atoms with van der Waals surface area (Å²) in [4.78, 5) is 41.9. The molecular weight excluding hydrogens is 412 g/mol. The fourth-order valence-corrected chi connectivity index (χ4v) is 3.80. The predicted octanol–water partition coefficient (Wildman–Crippen LogP) is -0.317. The molecule has 0 saturated heterocycles. The number of carbonyl (C=O) groups is 1. The highest BCUT2D eigenvalue weighted by molar-refractivity contribution is 7.92. The fourth-order valence-electron chi connectivity index (χ4n) is 3.21. The molecule has 0 aliphatic rings. The molecule has 3 aromatic rings. The van der Waals surface area contributed by atoms with Crippen LogP contribution < -0.4 is 21.3 Å². The Bertz CT molecular complexity index is 1350. The van der Waals surface area contributed by atoms with Crippen molar-refractivity contribution >= 4 is 32.8 Å². The molecule has 0 spiro atoms. The molecule has 0 bridgehead atoms. The lowest BCUT2D eigenvalue weighted by Crippen LogP contribution is -2.44. The minimum atomic E-state index is -3.51. The second kappa shape index (κ2) is 7.78. The Balaban J connectivity index is 1.88. The third kappa shape index (κ3) is 4.13. The van der Waals surface area contributed by atoms with E-state index in [1.807, 2.05) is 0 Å². The lowest BCUT2D eigenvalue weighted by Gasteiger charge is -2.18. The Morgan fingerprint density at radius 3 is 2.53 bits per heavy atom. The third-order valence-corrected chi connectivity index (χ3v) is 5.19. The smallest absolute Gasteiger partial charge is 0.332 e. The van der Waals surface area contributed by atoms with E-state index in [1.54, 1.807) is 38.2 Å². The quantitative estimate of drug-likeness (QED) is 0.546. The first-order valence-corrected chi connectivity index (χ1v) is 10.9. The summed E-state index contributed by atoms with van der Waals surface area (Å²) >= 11 is 0. The van der Waals surface area contributed by atoms with Crippen molar-refractivity contribution in [1.29, 1.82) is 0 Å². The summed E-state index contributed by atoms with van der Waals surface area (Å²) in [6, 6.07) is 6.05. The van der Waals surface area contributed by atoms with Gasteiger partial charge in [-0.2, -0.15) is 0 Å². The van der Waals surface area contributed by atoms with Gasteiger partial charge in [-0.1, -0.05) is 18.2 Å². The SMILES string of the molecule is CC(NC(=O)Cn1c(=O)c2c(ncn2C)n(C)c1=O)c1ccccc1NS(C)(=O)=O. The minimum absolute atomic E-state index is 0.209. The number of aromatic nitrogens is 4. The number of imidazole rings is 1. The number of hydrogen-bond donors (Lipinski definition) is 2. The van der Waals surface area contributed by atoms with Gasteiger partial charge in [0.1, 0.15) is 6.54 Å². The highest BCUT2D eigenvalue weighted by Crippen LogP contribution is 2.23. The molecular formula is C18H22N6O5S. The van der Waals surface area contributed by atoms with Crippen LogP contribution in [-0.4, -0.2) is 39.3 Å². The second-order valence-electron chi connectivity index (χ2n) is 7.01. The maximum Gasteiger partial charge on any atom is 0.332 e. The zero-order chi connectivity index (χ0) is 22.2. The average molecular weight is 434 g/mol. The molecule has 30 heavy (non-hydrogen) atoms. The zero-order valence-corrected chi connectivity index (χ0v) is 17.7.